The van der Waals surface area contributed by atoms with Crippen LogP contribution in [-0.2, 0) is 0 Å². The van der Waals surface area contributed by atoms with Gasteiger partial charge in [-0.1, -0.05) is 60.7 Å². The van der Waals surface area contributed by atoms with Crippen LogP contribution >= 0.6 is 0 Å². The summed E-state index contributed by atoms with van der Waals surface area (Å²) in [5, 5.41) is 1.08. The van der Waals surface area contributed by atoms with Crippen molar-refractivity contribution in [2.45, 2.75) is 6.92 Å². The summed E-state index contributed by atoms with van der Waals surface area (Å²) in [6.07, 6.45) is 0. The second-order valence-corrected chi connectivity index (χ2v) is 5.77. The van der Waals surface area contributed by atoms with E-state index in [1.54, 1.807) is 0 Å². The molecule has 0 N–H and O–H groups in total. The monoisotopic (exact) mass is 311 g/mol. The lowest BCUT2D eigenvalue weighted by atomic mass is 10.1. The van der Waals surface area contributed by atoms with E-state index in [0.29, 0.717) is 0 Å². The number of aryl methyl sites for hydroxylation is 1. The first-order valence-corrected chi connectivity index (χ1v) is 7.99. The van der Waals surface area contributed by atoms with Gasteiger partial charge >= 0.3 is 0 Å². The summed E-state index contributed by atoms with van der Waals surface area (Å²) in [4.78, 5) is 4.61. The van der Waals surface area contributed by atoms with Gasteiger partial charge < -0.3 is 4.74 Å². The van der Waals surface area contributed by atoms with Gasteiger partial charge in [-0.25, -0.2) is 4.98 Å². The first kappa shape index (κ1) is 14.5. The Morgan fingerprint density at radius 2 is 1.42 bits per heavy atom. The summed E-state index contributed by atoms with van der Waals surface area (Å²) >= 11 is 0. The maximum Gasteiger partial charge on any atom is 0.153 e. The number of pyridine rings is 1. The normalized spacial score (nSPS) is 10.7. The predicted octanol–water partition coefficient (Wildman–Crippen LogP) is 6.00. The van der Waals surface area contributed by atoms with Crippen molar-refractivity contribution in [3.05, 3.63) is 90.6 Å². The second kappa shape index (κ2) is 6.17. The van der Waals surface area contributed by atoms with Crippen LogP contribution in [0.25, 0.3) is 22.0 Å². The Morgan fingerprint density at radius 1 is 0.667 bits per heavy atom. The van der Waals surface area contributed by atoms with Crippen LogP contribution in [0.1, 0.15) is 5.69 Å². The van der Waals surface area contributed by atoms with Gasteiger partial charge in [-0.2, -0.15) is 0 Å². The minimum absolute atomic E-state index is 0.781. The molecule has 2 nitrogen and oxygen atoms in total. The summed E-state index contributed by atoms with van der Waals surface area (Å²) in [5.41, 5.74) is 4.25. The van der Waals surface area contributed by atoms with Gasteiger partial charge in [-0.15, -0.1) is 0 Å². The van der Waals surface area contributed by atoms with Crippen LogP contribution in [0.5, 0.6) is 11.5 Å². The number of hydrogen-bond donors (Lipinski definition) is 0. The van der Waals surface area contributed by atoms with Crippen LogP contribution in [-0.4, -0.2) is 4.98 Å². The average Bonchev–Trinajstić information content (AvgIpc) is 2.64. The molecule has 0 fully saturated rings. The zero-order chi connectivity index (χ0) is 16.4. The Bertz CT molecular complexity index is 976. The molecule has 0 radical (unpaired) electrons. The molecule has 4 aromatic rings. The molecule has 0 atom stereocenters. The molecular weight excluding hydrogens is 294 g/mol. The molecule has 0 aliphatic heterocycles. The highest BCUT2D eigenvalue weighted by Gasteiger charge is 2.06. The number of nitrogens with zero attached hydrogens (tertiary/aromatic N) is 1. The molecule has 1 aromatic heterocycles. The van der Waals surface area contributed by atoms with Gasteiger partial charge in [0.2, 0.25) is 0 Å². The maximum absolute atomic E-state index is 6.07. The van der Waals surface area contributed by atoms with Crippen molar-refractivity contribution in [1.29, 1.82) is 0 Å². The van der Waals surface area contributed by atoms with E-state index < -0.39 is 0 Å². The highest BCUT2D eigenvalue weighted by atomic mass is 16.5. The molecule has 116 valence electrons. The summed E-state index contributed by atoms with van der Waals surface area (Å²) in [6.45, 7) is 1.99. The van der Waals surface area contributed by atoms with E-state index in [0.717, 1.165) is 28.1 Å². The Balaban J connectivity index is 1.65. The number of fused-ring (bicyclic) bond motifs is 1. The highest BCUT2D eigenvalue weighted by molar-refractivity contribution is 5.84. The lowest BCUT2D eigenvalue weighted by Crippen LogP contribution is -1.89. The van der Waals surface area contributed by atoms with Crippen molar-refractivity contribution in [2.24, 2.45) is 0 Å². The van der Waals surface area contributed by atoms with Gasteiger partial charge in [0.15, 0.2) is 5.75 Å². The molecule has 0 amide bonds. The van der Waals surface area contributed by atoms with Crippen molar-refractivity contribution in [3.63, 3.8) is 0 Å². The second-order valence-electron chi connectivity index (χ2n) is 5.77. The minimum atomic E-state index is 0.781. The summed E-state index contributed by atoms with van der Waals surface area (Å²) in [5.74, 6) is 1.59. The lowest BCUT2D eigenvalue weighted by molar-refractivity contribution is 0.487. The molecule has 0 saturated carbocycles. The van der Waals surface area contributed by atoms with Gasteiger partial charge in [-0.05, 0) is 42.3 Å². The van der Waals surface area contributed by atoms with Gasteiger partial charge in [0.05, 0.1) is 0 Å². The van der Waals surface area contributed by atoms with Crippen LogP contribution < -0.4 is 4.74 Å². The fourth-order valence-corrected chi connectivity index (χ4v) is 2.77. The van der Waals surface area contributed by atoms with Gasteiger partial charge in [0.25, 0.3) is 0 Å². The van der Waals surface area contributed by atoms with Crippen molar-refractivity contribution in [3.8, 4) is 22.6 Å². The van der Waals surface area contributed by atoms with Crippen LogP contribution in [0.4, 0.5) is 0 Å². The number of para-hydroxylation sites is 1. The third kappa shape index (κ3) is 2.86. The first-order chi connectivity index (χ1) is 11.8. The summed E-state index contributed by atoms with van der Waals surface area (Å²) in [6, 6.07) is 28.6. The Labute approximate surface area is 141 Å². The average molecular weight is 311 g/mol. The van der Waals surface area contributed by atoms with E-state index in [4.69, 9.17) is 4.74 Å². The molecule has 1 heterocycles. The molecule has 0 aliphatic carbocycles. The van der Waals surface area contributed by atoms with Crippen molar-refractivity contribution in [2.75, 3.05) is 0 Å². The van der Waals surface area contributed by atoms with E-state index in [-0.39, 0.29) is 0 Å². The molecule has 0 saturated heterocycles. The summed E-state index contributed by atoms with van der Waals surface area (Å²) < 4.78 is 6.07. The van der Waals surface area contributed by atoms with Gasteiger partial charge in [0, 0.05) is 11.1 Å². The third-order valence-corrected chi connectivity index (χ3v) is 4.01. The zero-order valence-electron chi connectivity index (χ0n) is 13.4. The SMILES string of the molecule is Cc1ccc2cccc(Oc3ccc(-c4ccccc4)cc3)c2n1. The van der Waals surface area contributed by atoms with Crippen molar-refractivity contribution < 1.29 is 4.74 Å². The maximum atomic E-state index is 6.07. The third-order valence-electron chi connectivity index (χ3n) is 4.01. The number of rotatable bonds is 3. The van der Waals surface area contributed by atoms with Crippen LogP contribution in [0.3, 0.4) is 0 Å². The Kier molecular flexibility index (Phi) is 3.72. The van der Waals surface area contributed by atoms with E-state index in [2.05, 4.69) is 35.3 Å². The molecule has 0 unspecified atom stereocenters. The zero-order valence-corrected chi connectivity index (χ0v) is 13.4. The molecule has 3 aromatic carbocycles. The molecule has 0 aliphatic rings. The number of ether oxygens (including phenoxy) is 1. The molecule has 2 heteroatoms. The van der Waals surface area contributed by atoms with E-state index in [9.17, 15) is 0 Å². The largest absolute Gasteiger partial charge is 0.455 e. The lowest BCUT2D eigenvalue weighted by Gasteiger charge is -2.09. The Morgan fingerprint density at radius 3 is 2.21 bits per heavy atom. The summed E-state index contributed by atoms with van der Waals surface area (Å²) in [7, 11) is 0. The topological polar surface area (TPSA) is 22.1 Å². The minimum Gasteiger partial charge on any atom is -0.455 e. The van der Waals surface area contributed by atoms with Crippen LogP contribution in [0.15, 0.2) is 84.9 Å². The van der Waals surface area contributed by atoms with Crippen molar-refractivity contribution in [1.82, 2.24) is 4.98 Å². The number of hydrogen-bond acceptors (Lipinski definition) is 2. The molecule has 0 bridgehead atoms. The van der Waals surface area contributed by atoms with E-state index in [1.165, 1.54) is 11.1 Å². The van der Waals surface area contributed by atoms with Crippen LogP contribution in [0, 0.1) is 6.92 Å². The molecule has 4 rings (SSSR count). The predicted molar refractivity (Wildman–Crippen MR) is 98.4 cm³/mol. The molecule has 0 spiro atoms. The van der Waals surface area contributed by atoms with E-state index >= 15 is 0 Å². The quantitative estimate of drug-likeness (QED) is 0.463. The fraction of sp³-hybridized carbons (Fsp3) is 0.0455. The number of benzene rings is 3. The first-order valence-electron chi connectivity index (χ1n) is 7.99. The Hall–Kier alpha value is -3.13. The fourth-order valence-electron chi connectivity index (χ4n) is 2.77. The van der Waals surface area contributed by atoms with Gasteiger partial charge in [0.1, 0.15) is 11.3 Å². The van der Waals surface area contributed by atoms with Gasteiger partial charge in [-0.3, -0.25) is 0 Å². The van der Waals surface area contributed by atoms with Crippen molar-refractivity contribution >= 4 is 10.9 Å². The molecular formula is C22H17NO. The van der Waals surface area contributed by atoms with Crippen LogP contribution in [0.2, 0.25) is 0 Å². The molecule has 24 heavy (non-hydrogen) atoms. The smallest absolute Gasteiger partial charge is 0.153 e. The highest BCUT2D eigenvalue weighted by Crippen LogP contribution is 2.30. The standard InChI is InChI=1S/C22H17NO/c1-16-10-11-19-8-5-9-21(22(19)23-16)24-20-14-12-18(13-15-20)17-6-3-2-4-7-17/h2-15H,1H3. The van der Waals surface area contributed by atoms with E-state index in [1.807, 2.05) is 61.5 Å². The number of aromatic nitrogens is 1.